The smallest absolute Gasteiger partial charge is 0.147 e. The number of nitrogens with zero attached hydrogens (tertiary/aromatic N) is 6. The van der Waals surface area contributed by atoms with Gasteiger partial charge in [-0.05, 0) is 41.5 Å². The lowest BCUT2D eigenvalue weighted by Crippen LogP contribution is -2.35. The first-order valence-corrected chi connectivity index (χ1v) is 9.79. The number of hydrogen-bond acceptors (Lipinski definition) is 3. The van der Waals surface area contributed by atoms with Crippen LogP contribution in [0.25, 0.3) is 0 Å². The Morgan fingerprint density at radius 1 is 0.520 bits per heavy atom. The number of imidazole rings is 3. The lowest BCUT2D eigenvalue weighted by atomic mass is 10.4. The highest BCUT2D eigenvalue weighted by molar-refractivity contribution is 7.78. The fraction of sp³-hybridized carbons (Fsp3) is 0.500. The zero-order chi connectivity index (χ0) is 18.6. The monoisotopic (exact) mass is 358 g/mol. The molecular formula is C18H27N6P. The summed E-state index contributed by atoms with van der Waals surface area (Å²) < 4.78 is 6.58. The average Bonchev–Trinajstić information content (AvgIpc) is 3.08. The Morgan fingerprint density at radius 3 is 0.920 bits per heavy atom. The number of rotatable bonds is 3. The second kappa shape index (κ2) is 6.10. The molecule has 134 valence electrons. The van der Waals surface area contributed by atoms with Crippen molar-refractivity contribution in [1.29, 1.82) is 0 Å². The van der Waals surface area contributed by atoms with E-state index in [1.807, 2.05) is 0 Å². The molecule has 0 atom stereocenters. The lowest BCUT2D eigenvalue weighted by molar-refractivity contribution is 0.885. The molecule has 0 aliphatic heterocycles. The van der Waals surface area contributed by atoms with Crippen LogP contribution in [0, 0.1) is 41.5 Å². The van der Waals surface area contributed by atoms with Crippen molar-refractivity contribution in [2.24, 2.45) is 21.1 Å². The van der Waals surface area contributed by atoms with Crippen molar-refractivity contribution in [3.05, 3.63) is 34.2 Å². The van der Waals surface area contributed by atoms with Crippen LogP contribution in [0.3, 0.4) is 0 Å². The molecule has 0 fully saturated rings. The molecule has 0 N–H and O–H groups in total. The first-order chi connectivity index (χ1) is 11.6. The van der Waals surface area contributed by atoms with Gasteiger partial charge in [-0.25, -0.2) is 15.0 Å². The van der Waals surface area contributed by atoms with Gasteiger partial charge in [-0.1, -0.05) is 0 Å². The molecule has 0 radical (unpaired) electrons. The van der Waals surface area contributed by atoms with Crippen LogP contribution in [-0.4, -0.2) is 28.7 Å². The van der Waals surface area contributed by atoms with Crippen LogP contribution in [0.15, 0.2) is 0 Å². The molecule has 7 heteroatoms. The molecule has 0 aromatic carbocycles. The van der Waals surface area contributed by atoms with Crippen LogP contribution in [0.5, 0.6) is 0 Å². The summed E-state index contributed by atoms with van der Waals surface area (Å²) in [6.45, 7) is 12.5. The summed E-state index contributed by atoms with van der Waals surface area (Å²) in [5, 5.41) is 0. The van der Waals surface area contributed by atoms with E-state index in [-0.39, 0.29) is 0 Å². The van der Waals surface area contributed by atoms with Crippen LogP contribution in [0.1, 0.15) is 34.2 Å². The van der Waals surface area contributed by atoms with Gasteiger partial charge in [-0.15, -0.1) is 0 Å². The van der Waals surface area contributed by atoms with Crippen molar-refractivity contribution in [3.8, 4) is 0 Å². The fourth-order valence-corrected chi connectivity index (χ4v) is 5.60. The quantitative estimate of drug-likeness (QED) is 0.667. The Labute approximate surface area is 150 Å². The van der Waals surface area contributed by atoms with Crippen LogP contribution in [-0.2, 0) is 21.1 Å². The largest absolute Gasteiger partial charge is 0.331 e. The van der Waals surface area contributed by atoms with E-state index in [1.54, 1.807) is 0 Å². The SMILES string of the molecule is Cc1nc(P(c2nc(C)c(C)n2C)c2nc(C)c(C)n2C)n(C)c1C. The minimum Gasteiger partial charge on any atom is -0.331 e. The molecule has 0 aliphatic rings. The highest BCUT2D eigenvalue weighted by Crippen LogP contribution is 2.33. The van der Waals surface area contributed by atoms with Crippen LogP contribution < -0.4 is 16.7 Å². The molecule has 0 saturated carbocycles. The molecule has 0 unspecified atom stereocenters. The third-order valence-electron chi connectivity index (χ3n) is 5.38. The van der Waals surface area contributed by atoms with Crippen molar-refractivity contribution in [2.75, 3.05) is 0 Å². The molecule has 3 aromatic rings. The lowest BCUT2D eigenvalue weighted by Gasteiger charge is -2.17. The maximum Gasteiger partial charge on any atom is 0.147 e. The van der Waals surface area contributed by atoms with Crippen molar-refractivity contribution in [2.45, 2.75) is 41.5 Å². The van der Waals surface area contributed by atoms with E-state index >= 15 is 0 Å². The van der Waals surface area contributed by atoms with Crippen LogP contribution >= 0.6 is 7.92 Å². The van der Waals surface area contributed by atoms with E-state index in [0.29, 0.717) is 0 Å². The Kier molecular flexibility index (Phi) is 4.36. The van der Waals surface area contributed by atoms with Gasteiger partial charge in [0.1, 0.15) is 24.6 Å². The first-order valence-electron chi connectivity index (χ1n) is 8.45. The summed E-state index contributed by atoms with van der Waals surface area (Å²) in [5.74, 6) is 0. The van der Waals surface area contributed by atoms with E-state index in [0.717, 1.165) is 33.8 Å². The summed E-state index contributed by atoms with van der Waals surface area (Å²) in [6, 6.07) is 0. The fourth-order valence-electron chi connectivity index (χ4n) is 2.96. The minimum atomic E-state index is -0.939. The minimum absolute atomic E-state index is 0.939. The van der Waals surface area contributed by atoms with Crippen molar-refractivity contribution >= 4 is 24.6 Å². The summed E-state index contributed by atoms with van der Waals surface area (Å²) in [7, 11) is 5.33. The zero-order valence-electron chi connectivity index (χ0n) is 16.6. The third kappa shape index (κ3) is 2.63. The number of aromatic nitrogens is 6. The molecule has 3 aromatic heterocycles. The molecule has 0 amide bonds. The third-order valence-corrected chi connectivity index (χ3v) is 7.78. The normalized spacial score (nSPS) is 11.8. The molecule has 3 rings (SSSR count). The van der Waals surface area contributed by atoms with E-state index in [1.165, 1.54) is 17.1 Å². The first kappa shape index (κ1) is 17.9. The van der Waals surface area contributed by atoms with E-state index in [9.17, 15) is 0 Å². The molecule has 0 spiro atoms. The van der Waals surface area contributed by atoms with E-state index in [4.69, 9.17) is 15.0 Å². The Bertz CT molecular complexity index is 835. The molecule has 6 nitrogen and oxygen atoms in total. The summed E-state index contributed by atoms with van der Waals surface area (Å²) in [4.78, 5) is 14.7. The maximum atomic E-state index is 4.91. The van der Waals surface area contributed by atoms with Crippen LogP contribution in [0.4, 0.5) is 0 Å². The van der Waals surface area contributed by atoms with Gasteiger partial charge in [-0.2, -0.15) is 0 Å². The number of hydrogen-bond donors (Lipinski definition) is 0. The van der Waals surface area contributed by atoms with Gasteiger partial charge in [0.2, 0.25) is 0 Å². The van der Waals surface area contributed by atoms with Gasteiger partial charge >= 0.3 is 0 Å². The Balaban J connectivity index is 2.34. The maximum absolute atomic E-state index is 4.91. The van der Waals surface area contributed by atoms with Crippen molar-refractivity contribution in [1.82, 2.24) is 28.7 Å². The predicted molar refractivity (Wildman–Crippen MR) is 104 cm³/mol. The van der Waals surface area contributed by atoms with Gasteiger partial charge in [0.05, 0.1) is 17.1 Å². The molecule has 3 heterocycles. The highest BCUT2D eigenvalue weighted by atomic mass is 31.1. The van der Waals surface area contributed by atoms with Gasteiger partial charge in [0, 0.05) is 38.2 Å². The van der Waals surface area contributed by atoms with Gasteiger partial charge in [0.25, 0.3) is 0 Å². The topological polar surface area (TPSA) is 53.5 Å². The van der Waals surface area contributed by atoms with Crippen molar-refractivity contribution in [3.63, 3.8) is 0 Å². The second-order valence-electron chi connectivity index (χ2n) is 6.76. The Hall–Kier alpha value is -1.94. The van der Waals surface area contributed by atoms with Crippen LogP contribution in [0.2, 0.25) is 0 Å². The standard InChI is InChI=1S/C18H27N6P/c1-10-13(4)22(7)16(19-10)25(17-20-11(2)14(5)23(17)8)18-21-12(3)15(6)24(18)9/h1-9H3. The van der Waals surface area contributed by atoms with E-state index in [2.05, 4.69) is 76.4 Å². The van der Waals surface area contributed by atoms with Crippen molar-refractivity contribution < 1.29 is 0 Å². The Morgan fingerprint density at radius 2 is 0.760 bits per heavy atom. The molecule has 25 heavy (non-hydrogen) atoms. The second-order valence-corrected chi connectivity index (χ2v) is 8.63. The van der Waals surface area contributed by atoms with Gasteiger partial charge in [0.15, 0.2) is 0 Å². The van der Waals surface area contributed by atoms with Gasteiger partial charge in [-0.3, -0.25) is 0 Å². The van der Waals surface area contributed by atoms with Gasteiger partial charge < -0.3 is 13.7 Å². The summed E-state index contributed by atoms with van der Waals surface area (Å²) in [6.07, 6.45) is 0. The number of aryl methyl sites for hydroxylation is 3. The molecule has 0 aliphatic carbocycles. The summed E-state index contributed by atoms with van der Waals surface area (Å²) >= 11 is 0. The zero-order valence-corrected chi connectivity index (χ0v) is 17.5. The summed E-state index contributed by atoms with van der Waals surface area (Å²) in [5.41, 5.74) is 9.90. The predicted octanol–water partition coefficient (Wildman–Crippen LogP) is 1.50. The van der Waals surface area contributed by atoms with E-state index < -0.39 is 7.92 Å². The molecule has 0 bridgehead atoms. The average molecular weight is 358 g/mol. The molecular weight excluding hydrogens is 331 g/mol. The molecule has 0 saturated heterocycles. The highest BCUT2D eigenvalue weighted by Gasteiger charge is 2.31.